The summed E-state index contributed by atoms with van der Waals surface area (Å²) >= 11 is 0. The summed E-state index contributed by atoms with van der Waals surface area (Å²) < 4.78 is 0. The Bertz CT molecular complexity index is 326. The first-order valence-corrected chi connectivity index (χ1v) is 6.73. The SMILES string of the molecule is CC(C)C(c1ccccc1)N1CCC(N)CC1. The Kier molecular flexibility index (Phi) is 4.19. The lowest BCUT2D eigenvalue weighted by Gasteiger charge is -2.39. The lowest BCUT2D eigenvalue weighted by molar-refractivity contribution is 0.120. The van der Waals surface area contributed by atoms with Crippen LogP contribution >= 0.6 is 0 Å². The van der Waals surface area contributed by atoms with Crippen molar-refractivity contribution in [1.82, 2.24) is 4.90 Å². The molecule has 1 aliphatic heterocycles. The summed E-state index contributed by atoms with van der Waals surface area (Å²) in [6.45, 7) is 6.90. The van der Waals surface area contributed by atoms with Gasteiger partial charge in [-0.2, -0.15) is 0 Å². The predicted molar refractivity (Wildman–Crippen MR) is 72.8 cm³/mol. The Balaban J connectivity index is 2.13. The van der Waals surface area contributed by atoms with Gasteiger partial charge in [0.05, 0.1) is 0 Å². The van der Waals surface area contributed by atoms with Crippen molar-refractivity contribution in [2.45, 2.75) is 38.8 Å². The molecular weight excluding hydrogens is 208 g/mol. The fraction of sp³-hybridized carbons (Fsp3) is 0.600. The van der Waals surface area contributed by atoms with Gasteiger partial charge in [0, 0.05) is 25.2 Å². The summed E-state index contributed by atoms with van der Waals surface area (Å²) in [4.78, 5) is 2.60. The molecule has 1 aromatic carbocycles. The highest BCUT2D eigenvalue weighted by Gasteiger charge is 2.26. The quantitative estimate of drug-likeness (QED) is 0.868. The largest absolute Gasteiger partial charge is 0.328 e. The maximum atomic E-state index is 5.99. The molecule has 0 amide bonds. The molecule has 2 rings (SSSR count). The lowest BCUT2D eigenvalue weighted by Crippen LogP contribution is -2.42. The highest BCUT2D eigenvalue weighted by molar-refractivity contribution is 5.19. The normalized spacial score (nSPS) is 20.7. The van der Waals surface area contributed by atoms with Crippen molar-refractivity contribution in [3.05, 3.63) is 35.9 Å². The van der Waals surface area contributed by atoms with E-state index in [1.54, 1.807) is 0 Å². The van der Waals surface area contributed by atoms with Crippen molar-refractivity contribution in [3.8, 4) is 0 Å². The van der Waals surface area contributed by atoms with Crippen LogP contribution in [0.1, 0.15) is 38.3 Å². The molecule has 1 fully saturated rings. The number of nitrogens with two attached hydrogens (primary N) is 1. The van der Waals surface area contributed by atoms with E-state index in [-0.39, 0.29) is 0 Å². The van der Waals surface area contributed by atoms with E-state index in [0.717, 1.165) is 25.9 Å². The number of benzene rings is 1. The number of rotatable bonds is 3. The molecule has 0 radical (unpaired) electrons. The van der Waals surface area contributed by atoms with Crippen molar-refractivity contribution in [1.29, 1.82) is 0 Å². The van der Waals surface area contributed by atoms with E-state index in [9.17, 15) is 0 Å². The first-order valence-electron chi connectivity index (χ1n) is 6.73. The third-order valence-corrected chi connectivity index (χ3v) is 3.74. The molecule has 1 atom stereocenters. The highest BCUT2D eigenvalue weighted by atomic mass is 15.2. The summed E-state index contributed by atoms with van der Waals surface area (Å²) in [7, 11) is 0. The van der Waals surface area contributed by atoms with E-state index in [1.807, 2.05) is 0 Å². The Morgan fingerprint density at radius 1 is 1.12 bits per heavy atom. The molecule has 1 saturated heterocycles. The second-order valence-electron chi connectivity index (χ2n) is 5.47. The van der Waals surface area contributed by atoms with Crippen LogP contribution in [-0.4, -0.2) is 24.0 Å². The second kappa shape index (κ2) is 5.65. The van der Waals surface area contributed by atoms with Gasteiger partial charge in [-0.1, -0.05) is 44.2 Å². The molecule has 0 aliphatic carbocycles. The van der Waals surface area contributed by atoms with Gasteiger partial charge >= 0.3 is 0 Å². The smallest absolute Gasteiger partial charge is 0.0371 e. The maximum absolute atomic E-state index is 5.99. The van der Waals surface area contributed by atoms with Gasteiger partial charge in [0.1, 0.15) is 0 Å². The number of hydrogen-bond donors (Lipinski definition) is 1. The molecule has 0 saturated carbocycles. The minimum atomic E-state index is 0.412. The van der Waals surface area contributed by atoms with Crippen molar-refractivity contribution in [3.63, 3.8) is 0 Å². The molecule has 2 N–H and O–H groups in total. The Labute approximate surface area is 105 Å². The van der Waals surface area contributed by atoms with Crippen LogP contribution in [0.5, 0.6) is 0 Å². The van der Waals surface area contributed by atoms with Crippen LogP contribution < -0.4 is 5.73 Å². The molecule has 2 heteroatoms. The minimum absolute atomic E-state index is 0.412. The number of piperidine rings is 1. The Morgan fingerprint density at radius 3 is 2.24 bits per heavy atom. The molecule has 1 aromatic rings. The van der Waals surface area contributed by atoms with E-state index in [4.69, 9.17) is 5.73 Å². The molecule has 94 valence electrons. The van der Waals surface area contributed by atoms with E-state index < -0.39 is 0 Å². The van der Waals surface area contributed by atoms with Gasteiger partial charge in [-0.05, 0) is 24.3 Å². The third kappa shape index (κ3) is 3.08. The minimum Gasteiger partial charge on any atom is -0.328 e. The van der Waals surface area contributed by atoms with E-state index in [2.05, 4.69) is 49.1 Å². The zero-order chi connectivity index (χ0) is 12.3. The summed E-state index contributed by atoms with van der Waals surface area (Å²) in [5.74, 6) is 0.645. The van der Waals surface area contributed by atoms with Gasteiger partial charge in [-0.15, -0.1) is 0 Å². The average Bonchev–Trinajstić information content (AvgIpc) is 2.33. The van der Waals surface area contributed by atoms with Crippen molar-refractivity contribution in [2.24, 2.45) is 11.7 Å². The first-order chi connectivity index (χ1) is 8.18. The van der Waals surface area contributed by atoms with Crippen molar-refractivity contribution in [2.75, 3.05) is 13.1 Å². The number of nitrogens with zero attached hydrogens (tertiary/aromatic N) is 1. The molecule has 1 unspecified atom stereocenters. The lowest BCUT2D eigenvalue weighted by atomic mass is 9.92. The molecule has 17 heavy (non-hydrogen) atoms. The molecule has 1 heterocycles. The fourth-order valence-corrected chi connectivity index (χ4v) is 2.87. The van der Waals surface area contributed by atoms with Crippen LogP contribution in [0, 0.1) is 5.92 Å². The Morgan fingerprint density at radius 2 is 1.71 bits per heavy atom. The van der Waals surface area contributed by atoms with Crippen LogP contribution in [0.25, 0.3) is 0 Å². The van der Waals surface area contributed by atoms with E-state index >= 15 is 0 Å². The summed E-state index contributed by atoms with van der Waals surface area (Å²) in [5.41, 5.74) is 7.43. The Hall–Kier alpha value is -0.860. The zero-order valence-corrected chi connectivity index (χ0v) is 11.0. The van der Waals surface area contributed by atoms with Gasteiger partial charge in [0.25, 0.3) is 0 Å². The topological polar surface area (TPSA) is 29.3 Å². The average molecular weight is 232 g/mol. The summed E-state index contributed by atoms with van der Waals surface area (Å²) in [6.07, 6.45) is 2.27. The summed E-state index contributed by atoms with van der Waals surface area (Å²) in [5, 5.41) is 0. The van der Waals surface area contributed by atoms with Crippen LogP contribution in [0.2, 0.25) is 0 Å². The molecule has 0 spiro atoms. The van der Waals surface area contributed by atoms with Crippen molar-refractivity contribution >= 4 is 0 Å². The van der Waals surface area contributed by atoms with Gasteiger partial charge in [-0.25, -0.2) is 0 Å². The van der Waals surface area contributed by atoms with Crippen molar-refractivity contribution < 1.29 is 0 Å². The third-order valence-electron chi connectivity index (χ3n) is 3.74. The molecule has 2 nitrogen and oxygen atoms in total. The van der Waals surface area contributed by atoms with E-state index in [0.29, 0.717) is 18.0 Å². The molecule has 0 bridgehead atoms. The maximum Gasteiger partial charge on any atom is 0.0371 e. The van der Waals surface area contributed by atoms with Crippen LogP contribution in [0.15, 0.2) is 30.3 Å². The van der Waals surface area contributed by atoms with Gasteiger partial charge < -0.3 is 5.73 Å². The predicted octanol–water partition coefficient (Wildman–Crippen LogP) is 2.81. The van der Waals surface area contributed by atoms with Crippen LogP contribution in [-0.2, 0) is 0 Å². The number of likely N-dealkylation sites (tertiary alicyclic amines) is 1. The second-order valence-corrected chi connectivity index (χ2v) is 5.47. The van der Waals surface area contributed by atoms with Gasteiger partial charge in [-0.3, -0.25) is 4.90 Å². The summed E-state index contributed by atoms with van der Waals surface area (Å²) in [6, 6.07) is 11.8. The molecular formula is C15H24N2. The first kappa shape index (κ1) is 12.6. The number of hydrogen-bond acceptors (Lipinski definition) is 2. The molecule has 1 aliphatic rings. The fourth-order valence-electron chi connectivity index (χ4n) is 2.87. The highest BCUT2D eigenvalue weighted by Crippen LogP contribution is 2.30. The van der Waals surface area contributed by atoms with Crippen LogP contribution in [0.3, 0.4) is 0 Å². The van der Waals surface area contributed by atoms with Gasteiger partial charge in [0.2, 0.25) is 0 Å². The monoisotopic (exact) mass is 232 g/mol. The standard InChI is InChI=1S/C15H24N2/c1-12(2)15(13-6-4-3-5-7-13)17-10-8-14(16)9-11-17/h3-7,12,14-15H,8-11,16H2,1-2H3. The molecule has 0 aromatic heterocycles. The van der Waals surface area contributed by atoms with Crippen LogP contribution in [0.4, 0.5) is 0 Å². The zero-order valence-electron chi connectivity index (χ0n) is 11.0. The van der Waals surface area contributed by atoms with E-state index in [1.165, 1.54) is 5.56 Å². The van der Waals surface area contributed by atoms with Gasteiger partial charge in [0.15, 0.2) is 0 Å².